The number of methoxy groups -OCH3 is 1. The molecule has 0 saturated heterocycles. The topological polar surface area (TPSA) is 26.3 Å². The van der Waals surface area contributed by atoms with Gasteiger partial charge < -0.3 is 4.74 Å². The number of hydrogen-bond donors (Lipinski definition) is 0. The van der Waals surface area contributed by atoms with Crippen LogP contribution >= 0.6 is 0 Å². The van der Waals surface area contributed by atoms with Gasteiger partial charge in [-0.2, -0.15) is 0 Å². The van der Waals surface area contributed by atoms with Crippen LogP contribution in [0.2, 0.25) is 0 Å². The second-order valence-electron chi connectivity index (χ2n) is 5.52. The van der Waals surface area contributed by atoms with E-state index < -0.39 is 0 Å². The largest absolute Gasteiger partial charge is 0.373 e. The molecule has 2 nitrogen and oxygen atoms in total. The van der Waals surface area contributed by atoms with Gasteiger partial charge in [-0.25, -0.2) is 0 Å². The molecule has 1 saturated carbocycles. The van der Waals surface area contributed by atoms with Gasteiger partial charge in [0.1, 0.15) is 6.10 Å². The van der Waals surface area contributed by atoms with Crippen LogP contribution in [-0.2, 0) is 9.53 Å². The lowest BCUT2D eigenvalue weighted by Gasteiger charge is -2.19. The number of Topliss-reactive ketones (excluding diaryl/α,β-unsaturated/α-hetero) is 1. The summed E-state index contributed by atoms with van der Waals surface area (Å²) in [7, 11) is 1.65. The summed E-state index contributed by atoms with van der Waals surface area (Å²) in [4.78, 5) is 11.8. The summed E-state index contributed by atoms with van der Waals surface area (Å²) >= 11 is 0. The van der Waals surface area contributed by atoms with Gasteiger partial charge in [0, 0.05) is 13.5 Å². The van der Waals surface area contributed by atoms with Crippen LogP contribution in [0.25, 0.3) is 0 Å². The summed E-state index contributed by atoms with van der Waals surface area (Å²) in [6, 6.07) is 0. The maximum Gasteiger partial charge on any atom is 0.161 e. The van der Waals surface area contributed by atoms with E-state index in [0.29, 0.717) is 18.1 Å². The summed E-state index contributed by atoms with van der Waals surface area (Å²) in [5, 5.41) is 0. The van der Waals surface area contributed by atoms with Gasteiger partial charge in [0.05, 0.1) is 0 Å². The lowest BCUT2D eigenvalue weighted by Crippen LogP contribution is -2.26. The van der Waals surface area contributed by atoms with Gasteiger partial charge >= 0.3 is 0 Å². The Balaban J connectivity index is 2.32. The summed E-state index contributed by atoms with van der Waals surface area (Å²) in [5.74, 6) is 0.817. The predicted molar refractivity (Wildman–Crippen MR) is 57.2 cm³/mol. The monoisotopic (exact) mass is 198 g/mol. The molecule has 0 N–H and O–H groups in total. The molecule has 1 unspecified atom stereocenters. The molecule has 1 fully saturated rings. The Morgan fingerprint density at radius 3 is 2.36 bits per heavy atom. The van der Waals surface area contributed by atoms with Gasteiger partial charge in [0.15, 0.2) is 5.78 Å². The van der Waals surface area contributed by atoms with Crippen molar-refractivity contribution in [2.24, 2.45) is 11.3 Å². The van der Waals surface area contributed by atoms with Crippen LogP contribution in [0.3, 0.4) is 0 Å². The van der Waals surface area contributed by atoms with E-state index in [0.717, 1.165) is 6.42 Å². The molecule has 1 rings (SSSR count). The standard InChI is InChI=1S/C12H22O2/c1-12(2,3)8-7-10(13)11(14-4)9-5-6-9/h9,11H,5-8H2,1-4H3. The number of ether oxygens (including phenoxy) is 1. The third kappa shape index (κ3) is 3.79. The minimum absolute atomic E-state index is 0.114. The summed E-state index contributed by atoms with van der Waals surface area (Å²) in [6.45, 7) is 6.50. The maximum atomic E-state index is 11.8. The first-order valence-electron chi connectivity index (χ1n) is 5.49. The normalized spacial score (nSPS) is 19.4. The highest BCUT2D eigenvalue weighted by atomic mass is 16.5. The first-order chi connectivity index (χ1) is 6.44. The zero-order valence-electron chi connectivity index (χ0n) is 9.80. The van der Waals surface area contributed by atoms with Crippen LogP contribution in [0, 0.1) is 11.3 Å². The number of carbonyl (C=O) groups is 1. The molecule has 0 heterocycles. The van der Waals surface area contributed by atoms with Crippen LogP contribution in [0.1, 0.15) is 46.5 Å². The minimum Gasteiger partial charge on any atom is -0.373 e. The Hall–Kier alpha value is -0.370. The van der Waals surface area contributed by atoms with Crippen LogP contribution in [0.4, 0.5) is 0 Å². The van der Waals surface area contributed by atoms with E-state index in [2.05, 4.69) is 20.8 Å². The fourth-order valence-corrected chi connectivity index (χ4v) is 1.63. The zero-order valence-corrected chi connectivity index (χ0v) is 9.80. The first kappa shape index (κ1) is 11.7. The van der Waals surface area contributed by atoms with Crippen LogP contribution in [0.15, 0.2) is 0 Å². The predicted octanol–water partition coefficient (Wildman–Crippen LogP) is 2.81. The lowest BCUT2D eigenvalue weighted by atomic mass is 9.88. The molecular weight excluding hydrogens is 176 g/mol. The van der Waals surface area contributed by atoms with E-state index in [1.54, 1.807) is 7.11 Å². The average molecular weight is 198 g/mol. The summed E-state index contributed by atoms with van der Waals surface area (Å²) in [5.41, 5.74) is 0.248. The van der Waals surface area contributed by atoms with E-state index in [9.17, 15) is 4.79 Å². The van der Waals surface area contributed by atoms with E-state index in [4.69, 9.17) is 4.74 Å². The minimum atomic E-state index is -0.114. The highest BCUT2D eigenvalue weighted by Gasteiger charge is 2.35. The fourth-order valence-electron chi connectivity index (χ4n) is 1.63. The second-order valence-corrected chi connectivity index (χ2v) is 5.52. The Bertz CT molecular complexity index is 199. The molecule has 0 aromatic carbocycles. The molecule has 2 heteroatoms. The Labute approximate surface area is 87.0 Å². The molecule has 0 aromatic rings. The Morgan fingerprint density at radius 1 is 1.43 bits per heavy atom. The zero-order chi connectivity index (χ0) is 10.8. The van der Waals surface area contributed by atoms with Crippen molar-refractivity contribution in [1.29, 1.82) is 0 Å². The summed E-state index contributed by atoms with van der Waals surface area (Å²) in [6.07, 6.45) is 3.84. The van der Waals surface area contributed by atoms with Gasteiger partial charge in [-0.15, -0.1) is 0 Å². The quantitative estimate of drug-likeness (QED) is 0.679. The van der Waals surface area contributed by atoms with Crippen molar-refractivity contribution in [2.45, 2.75) is 52.6 Å². The van der Waals surface area contributed by atoms with Gasteiger partial charge in [-0.3, -0.25) is 4.79 Å². The smallest absolute Gasteiger partial charge is 0.161 e. The molecular formula is C12H22O2. The second kappa shape index (κ2) is 4.43. The third-order valence-corrected chi connectivity index (χ3v) is 2.74. The number of carbonyl (C=O) groups excluding carboxylic acids is 1. The fraction of sp³-hybridized carbons (Fsp3) is 0.917. The van der Waals surface area contributed by atoms with Gasteiger partial charge in [0.2, 0.25) is 0 Å². The molecule has 14 heavy (non-hydrogen) atoms. The maximum absolute atomic E-state index is 11.8. The van der Waals surface area contributed by atoms with E-state index >= 15 is 0 Å². The molecule has 0 spiro atoms. The van der Waals surface area contributed by atoms with Crippen molar-refractivity contribution in [3.05, 3.63) is 0 Å². The van der Waals surface area contributed by atoms with Crippen molar-refractivity contribution in [3.8, 4) is 0 Å². The Kier molecular flexibility index (Phi) is 3.71. The molecule has 1 atom stereocenters. The van der Waals surface area contributed by atoms with E-state index in [-0.39, 0.29) is 11.5 Å². The molecule has 0 amide bonds. The van der Waals surface area contributed by atoms with Crippen LogP contribution in [-0.4, -0.2) is 19.0 Å². The Morgan fingerprint density at radius 2 is 2.00 bits per heavy atom. The van der Waals surface area contributed by atoms with E-state index in [1.165, 1.54) is 12.8 Å². The van der Waals surface area contributed by atoms with Crippen molar-refractivity contribution in [2.75, 3.05) is 7.11 Å². The third-order valence-electron chi connectivity index (χ3n) is 2.74. The first-order valence-corrected chi connectivity index (χ1v) is 5.49. The molecule has 1 aliphatic carbocycles. The average Bonchev–Trinajstić information content (AvgIpc) is 2.85. The van der Waals surface area contributed by atoms with Gasteiger partial charge in [0.25, 0.3) is 0 Å². The van der Waals surface area contributed by atoms with Gasteiger partial charge in [-0.05, 0) is 30.6 Å². The van der Waals surface area contributed by atoms with Crippen LogP contribution < -0.4 is 0 Å². The molecule has 82 valence electrons. The van der Waals surface area contributed by atoms with E-state index in [1.807, 2.05) is 0 Å². The number of ketones is 1. The van der Waals surface area contributed by atoms with Gasteiger partial charge in [-0.1, -0.05) is 20.8 Å². The van der Waals surface area contributed by atoms with Crippen molar-refractivity contribution >= 4 is 5.78 Å². The molecule has 0 radical (unpaired) electrons. The number of hydrogen-bond acceptors (Lipinski definition) is 2. The van der Waals surface area contributed by atoms with Crippen LogP contribution in [0.5, 0.6) is 0 Å². The number of rotatable bonds is 5. The molecule has 0 bridgehead atoms. The van der Waals surface area contributed by atoms with Crippen molar-refractivity contribution in [3.63, 3.8) is 0 Å². The lowest BCUT2D eigenvalue weighted by molar-refractivity contribution is -0.130. The van der Waals surface area contributed by atoms with Crippen molar-refractivity contribution < 1.29 is 9.53 Å². The molecule has 0 aromatic heterocycles. The molecule has 1 aliphatic rings. The SMILES string of the molecule is COC(C(=O)CCC(C)(C)C)C1CC1. The highest BCUT2D eigenvalue weighted by molar-refractivity contribution is 5.83. The highest BCUT2D eigenvalue weighted by Crippen LogP contribution is 2.35. The molecule has 0 aliphatic heterocycles. The summed E-state index contributed by atoms with van der Waals surface area (Å²) < 4.78 is 5.25. The van der Waals surface area contributed by atoms with Crippen molar-refractivity contribution in [1.82, 2.24) is 0 Å².